The SMILES string of the molecule is CC(=NNC(=O)Cn1cnc2c1c(=O)n(C)c(=O)n2C)c1cccc(Br)c1. The average molecular weight is 433 g/mol. The molecule has 9 nitrogen and oxygen atoms in total. The van der Waals surface area contributed by atoms with Gasteiger partial charge in [-0.25, -0.2) is 15.2 Å². The zero-order valence-corrected chi connectivity index (χ0v) is 16.5. The highest BCUT2D eigenvalue weighted by molar-refractivity contribution is 9.10. The third-order valence-electron chi connectivity index (χ3n) is 4.12. The molecule has 140 valence electrons. The number of nitrogens with one attached hydrogen (secondary N) is 1. The Hall–Kier alpha value is -3.01. The first kappa shape index (κ1) is 18.8. The number of benzene rings is 1. The molecule has 1 aromatic carbocycles. The molecular formula is C17H17BrN6O3. The first-order valence-electron chi connectivity index (χ1n) is 7.99. The van der Waals surface area contributed by atoms with Crippen molar-refractivity contribution < 1.29 is 4.79 Å². The second kappa shape index (κ2) is 7.31. The van der Waals surface area contributed by atoms with E-state index in [9.17, 15) is 14.4 Å². The molecule has 0 saturated carbocycles. The van der Waals surface area contributed by atoms with Gasteiger partial charge in [0.1, 0.15) is 6.54 Å². The molecule has 0 aliphatic rings. The maximum Gasteiger partial charge on any atom is 0.332 e. The number of aryl methyl sites for hydroxylation is 1. The van der Waals surface area contributed by atoms with E-state index in [2.05, 4.69) is 31.4 Å². The van der Waals surface area contributed by atoms with Crippen molar-refractivity contribution in [2.45, 2.75) is 13.5 Å². The Balaban J connectivity index is 1.84. The van der Waals surface area contributed by atoms with Crippen molar-refractivity contribution in [1.82, 2.24) is 24.1 Å². The molecule has 1 N–H and O–H groups in total. The number of hydrogen-bond acceptors (Lipinski definition) is 5. The number of halogens is 1. The maximum absolute atomic E-state index is 12.4. The molecule has 0 aliphatic heterocycles. The highest BCUT2D eigenvalue weighted by Gasteiger charge is 2.15. The van der Waals surface area contributed by atoms with Gasteiger partial charge in [0, 0.05) is 18.6 Å². The minimum atomic E-state index is -0.507. The molecule has 0 aliphatic carbocycles. The molecule has 0 bridgehead atoms. The van der Waals surface area contributed by atoms with E-state index in [1.165, 1.54) is 29.6 Å². The summed E-state index contributed by atoms with van der Waals surface area (Å²) in [5, 5.41) is 4.09. The number of hydrogen-bond donors (Lipinski definition) is 1. The van der Waals surface area contributed by atoms with Crippen LogP contribution in [0.15, 0.2) is 49.8 Å². The smallest absolute Gasteiger partial charge is 0.315 e. The van der Waals surface area contributed by atoms with Gasteiger partial charge in [0.05, 0.1) is 12.0 Å². The van der Waals surface area contributed by atoms with Gasteiger partial charge in [0.25, 0.3) is 11.5 Å². The van der Waals surface area contributed by atoms with Crippen LogP contribution in [0.4, 0.5) is 0 Å². The van der Waals surface area contributed by atoms with Crippen molar-refractivity contribution in [3.8, 4) is 0 Å². The Kier molecular flexibility index (Phi) is 5.08. The van der Waals surface area contributed by atoms with Crippen LogP contribution in [0.25, 0.3) is 11.2 Å². The largest absolute Gasteiger partial charge is 0.332 e. The summed E-state index contributed by atoms with van der Waals surface area (Å²) in [6.07, 6.45) is 1.36. The Bertz CT molecular complexity index is 1190. The third kappa shape index (κ3) is 3.61. The Labute approximate surface area is 162 Å². The highest BCUT2D eigenvalue weighted by atomic mass is 79.9. The maximum atomic E-state index is 12.4. The lowest BCUT2D eigenvalue weighted by Crippen LogP contribution is -2.38. The molecule has 0 radical (unpaired) electrons. The van der Waals surface area contributed by atoms with Crippen molar-refractivity contribution in [3.63, 3.8) is 0 Å². The highest BCUT2D eigenvalue weighted by Crippen LogP contribution is 2.12. The lowest BCUT2D eigenvalue weighted by molar-refractivity contribution is -0.121. The number of nitrogens with zero attached hydrogens (tertiary/aromatic N) is 5. The van der Waals surface area contributed by atoms with Crippen LogP contribution < -0.4 is 16.7 Å². The monoisotopic (exact) mass is 432 g/mol. The second-order valence-electron chi connectivity index (χ2n) is 5.99. The number of amides is 1. The number of rotatable bonds is 4. The predicted molar refractivity (Wildman–Crippen MR) is 105 cm³/mol. The molecule has 0 unspecified atom stereocenters. The summed E-state index contributed by atoms with van der Waals surface area (Å²) >= 11 is 3.39. The number of hydrazone groups is 1. The van der Waals surface area contributed by atoms with E-state index in [4.69, 9.17) is 0 Å². The summed E-state index contributed by atoms with van der Waals surface area (Å²) in [6, 6.07) is 7.53. The van der Waals surface area contributed by atoms with E-state index in [0.717, 1.165) is 14.6 Å². The lowest BCUT2D eigenvalue weighted by atomic mass is 10.1. The van der Waals surface area contributed by atoms with Gasteiger partial charge in [-0.15, -0.1) is 0 Å². The molecule has 3 aromatic rings. The summed E-state index contributed by atoms with van der Waals surface area (Å²) in [5.41, 5.74) is 3.40. The Morgan fingerprint density at radius 1 is 1.26 bits per heavy atom. The van der Waals surface area contributed by atoms with E-state index in [0.29, 0.717) is 5.71 Å². The van der Waals surface area contributed by atoms with Crippen LogP contribution >= 0.6 is 15.9 Å². The van der Waals surface area contributed by atoms with Crippen molar-refractivity contribution in [2.75, 3.05) is 0 Å². The fourth-order valence-electron chi connectivity index (χ4n) is 2.63. The Morgan fingerprint density at radius 3 is 2.70 bits per heavy atom. The van der Waals surface area contributed by atoms with Crippen LogP contribution in [0, 0.1) is 0 Å². The fraction of sp³-hybridized carbons (Fsp3) is 0.235. The quantitative estimate of drug-likeness (QED) is 0.484. The van der Waals surface area contributed by atoms with Crippen LogP contribution in [-0.4, -0.2) is 30.3 Å². The van der Waals surface area contributed by atoms with E-state index < -0.39 is 17.2 Å². The molecule has 0 fully saturated rings. The van der Waals surface area contributed by atoms with Crippen molar-refractivity contribution in [1.29, 1.82) is 0 Å². The summed E-state index contributed by atoms with van der Waals surface area (Å²) in [5.74, 6) is -0.417. The molecule has 10 heteroatoms. The molecule has 2 aromatic heterocycles. The standard InChI is InChI=1S/C17H17BrN6O3/c1-10(11-5-4-6-12(18)7-11)20-21-13(25)8-24-9-19-15-14(24)16(26)23(3)17(27)22(15)2/h4-7,9H,8H2,1-3H3,(H,21,25). The van der Waals surface area contributed by atoms with Crippen molar-refractivity contribution in [3.05, 3.63) is 61.5 Å². The number of imidazole rings is 1. The molecule has 0 saturated heterocycles. The number of carbonyl (C=O) groups is 1. The van der Waals surface area contributed by atoms with Crippen LogP contribution in [0.5, 0.6) is 0 Å². The summed E-state index contributed by atoms with van der Waals surface area (Å²) in [4.78, 5) is 40.6. The van der Waals surface area contributed by atoms with E-state index in [1.807, 2.05) is 24.3 Å². The molecule has 0 spiro atoms. The first-order chi connectivity index (χ1) is 12.8. The van der Waals surface area contributed by atoms with E-state index in [1.54, 1.807) is 6.92 Å². The zero-order chi connectivity index (χ0) is 19.7. The number of aromatic nitrogens is 4. The molecule has 3 rings (SSSR count). The fourth-order valence-corrected chi connectivity index (χ4v) is 3.03. The van der Waals surface area contributed by atoms with Gasteiger partial charge >= 0.3 is 5.69 Å². The second-order valence-corrected chi connectivity index (χ2v) is 6.91. The van der Waals surface area contributed by atoms with Gasteiger partial charge in [-0.05, 0) is 24.6 Å². The molecule has 1 amide bonds. The van der Waals surface area contributed by atoms with Gasteiger partial charge in [0.15, 0.2) is 11.2 Å². The van der Waals surface area contributed by atoms with E-state index in [-0.39, 0.29) is 17.7 Å². The summed E-state index contributed by atoms with van der Waals surface area (Å²) in [7, 11) is 2.90. The van der Waals surface area contributed by atoms with Gasteiger partial charge in [-0.3, -0.25) is 18.7 Å². The molecule has 2 heterocycles. The molecule has 27 heavy (non-hydrogen) atoms. The molecule has 0 atom stereocenters. The van der Waals surface area contributed by atoms with Gasteiger partial charge in [0.2, 0.25) is 0 Å². The normalized spacial score (nSPS) is 11.8. The number of fused-ring (bicyclic) bond motifs is 1. The summed E-state index contributed by atoms with van der Waals surface area (Å²) < 4.78 is 4.55. The predicted octanol–water partition coefficient (Wildman–Crippen LogP) is 0.737. The van der Waals surface area contributed by atoms with E-state index >= 15 is 0 Å². The number of carbonyl (C=O) groups excluding carboxylic acids is 1. The van der Waals surface area contributed by atoms with Crippen molar-refractivity contribution in [2.24, 2.45) is 19.2 Å². The summed E-state index contributed by atoms with van der Waals surface area (Å²) in [6.45, 7) is 1.62. The average Bonchev–Trinajstić information content (AvgIpc) is 3.06. The van der Waals surface area contributed by atoms with Crippen LogP contribution in [0.1, 0.15) is 12.5 Å². The lowest BCUT2D eigenvalue weighted by Gasteiger charge is -2.06. The van der Waals surface area contributed by atoms with Crippen LogP contribution in [0.3, 0.4) is 0 Å². The topological polar surface area (TPSA) is 103 Å². The van der Waals surface area contributed by atoms with Gasteiger partial charge in [-0.1, -0.05) is 28.1 Å². The van der Waals surface area contributed by atoms with Crippen LogP contribution in [0.2, 0.25) is 0 Å². The van der Waals surface area contributed by atoms with Crippen LogP contribution in [-0.2, 0) is 25.4 Å². The third-order valence-corrected chi connectivity index (χ3v) is 4.62. The van der Waals surface area contributed by atoms with Gasteiger partial charge in [-0.2, -0.15) is 5.10 Å². The minimum absolute atomic E-state index is 0.154. The van der Waals surface area contributed by atoms with Crippen molar-refractivity contribution >= 4 is 38.7 Å². The molecular weight excluding hydrogens is 416 g/mol. The Morgan fingerprint density at radius 2 is 2.00 bits per heavy atom. The van der Waals surface area contributed by atoms with Gasteiger partial charge < -0.3 is 4.57 Å². The first-order valence-corrected chi connectivity index (χ1v) is 8.79. The minimum Gasteiger partial charge on any atom is -0.315 e. The zero-order valence-electron chi connectivity index (χ0n) is 14.9.